The summed E-state index contributed by atoms with van der Waals surface area (Å²) in [6, 6.07) is 5.01. The van der Waals surface area contributed by atoms with Crippen molar-refractivity contribution in [2.45, 2.75) is 39.8 Å². The molecule has 0 fully saturated rings. The zero-order valence-corrected chi connectivity index (χ0v) is 12.2. The summed E-state index contributed by atoms with van der Waals surface area (Å²) in [4.78, 5) is 11.7. The molecule has 2 unspecified atom stereocenters. The van der Waals surface area contributed by atoms with Crippen LogP contribution in [0.3, 0.4) is 0 Å². The molecule has 1 aromatic carbocycles. The van der Waals surface area contributed by atoms with E-state index in [0.29, 0.717) is 0 Å². The lowest BCUT2D eigenvalue weighted by Gasteiger charge is -2.25. The van der Waals surface area contributed by atoms with Gasteiger partial charge in [0.05, 0.1) is 7.11 Å². The van der Waals surface area contributed by atoms with Crippen LogP contribution in [-0.4, -0.2) is 24.2 Å². The van der Waals surface area contributed by atoms with E-state index in [2.05, 4.69) is 5.32 Å². The monoisotopic (exact) mass is 265 g/mol. The summed E-state index contributed by atoms with van der Waals surface area (Å²) in [6.45, 7) is 7.75. The Hall–Kier alpha value is -1.55. The first-order chi connectivity index (χ1) is 8.86. The molecule has 0 saturated heterocycles. The summed E-state index contributed by atoms with van der Waals surface area (Å²) in [5.74, 6) is 0.0725. The number of benzene rings is 1. The summed E-state index contributed by atoms with van der Waals surface area (Å²) in [5.41, 5.74) is 1.78. The van der Waals surface area contributed by atoms with E-state index in [9.17, 15) is 9.90 Å². The van der Waals surface area contributed by atoms with Crippen molar-refractivity contribution >= 4 is 5.97 Å². The van der Waals surface area contributed by atoms with Crippen LogP contribution >= 0.6 is 0 Å². The van der Waals surface area contributed by atoms with Crippen molar-refractivity contribution < 1.29 is 14.6 Å². The van der Waals surface area contributed by atoms with Crippen LogP contribution in [0.4, 0.5) is 0 Å². The van der Waals surface area contributed by atoms with Gasteiger partial charge in [-0.3, -0.25) is 10.1 Å². The van der Waals surface area contributed by atoms with Crippen LogP contribution in [0.15, 0.2) is 18.2 Å². The molecule has 19 heavy (non-hydrogen) atoms. The number of methoxy groups -OCH3 is 1. The van der Waals surface area contributed by atoms with E-state index < -0.39 is 0 Å². The molecule has 0 aromatic heterocycles. The zero-order valence-electron chi connectivity index (χ0n) is 12.2. The summed E-state index contributed by atoms with van der Waals surface area (Å²) in [6.07, 6.45) is 0. The molecule has 1 rings (SSSR count). The largest absolute Gasteiger partial charge is 0.508 e. The molecule has 0 spiro atoms. The topological polar surface area (TPSA) is 58.6 Å². The van der Waals surface area contributed by atoms with Crippen molar-refractivity contribution in [3.8, 4) is 5.75 Å². The number of hydrogen-bond donors (Lipinski definition) is 2. The Bertz CT molecular complexity index is 443. The molecule has 0 aliphatic rings. The third-order valence-electron chi connectivity index (χ3n) is 3.20. The second-order valence-electron chi connectivity index (χ2n) is 5.20. The molecule has 4 heteroatoms. The van der Waals surface area contributed by atoms with Crippen LogP contribution in [0, 0.1) is 12.8 Å². The van der Waals surface area contributed by atoms with Gasteiger partial charge in [-0.25, -0.2) is 0 Å². The standard InChI is InChI=1S/C15H23NO3/c1-9(2)14(15(18)19-5)16-11(4)12-7-6-10(3)8-13(12)17/h6-9,11,14,16-17H,1-5H3. The fraction of sp³-hybridized carbons (Fsp3) is 0.533. The highest BCUT2D eigenvalue weighted by Crippen LogP contribution is 2.26. The molecule has 0 aliphatic carbocycles. The zero-order chi connectivity index (χ0) is 14.6. The number of ether oxygens (including phenoxy) is 1. The molecule has 2 N–H and O–H groups in total. The summed E-state index contributed by atoms with van der Waals surface area (Å²) < 4.78 is 4.80. The average molecular weight is 265 g/mol. The highest BCUT2D eigenvalue weighted by molar-refractivity contribution is 5.76. The normalized spacial score (nSPS) is 14.2. The van der Waals surface area contributed by atoms with Gasteiger partial charge in [0, 0.05) is 11.6 Å². The van der Waals surface area contributed by atoms with Crippen LogP contribution < -0.4 is 5.32 Å². The number of rotatable bonds is 5. The number of aromatic hydroxyl groups is 1. The Morgan fingerprint density at radius 3 is 2.42 bits per heavy atom. The van der Waals surface area contributed by atoms with E-state index in [1.165, 1.54) is 7.11 Å². The second-order valence-corrected chi connectivity index (χ2v) is 5.20. The smallest absolute Gasteiger partial charge is 0.323 e. The number of aryl methyl sites for hydroxylation is 1. The molecular formula is C15H23NO3. The van der Waals surface area contributed by atoms with Gasteiger partial charge in [-0.1, -0.05) is 26.0 Å². The third-order valence-corrected chi connectivity index (χ3v) is 3.20. The maximum absolute atomic E-state index is 11.7. The van der Waals surface area contributed by atoms with E-state index in [1.54, 1.807) is 6.07 Å². The van der Waals surface area contributed by atoms with Gasteiger partial charge in [0.1, 0.15) is 11.8 Å². The van der Waals surface area contributed by atoms with Gasteiger partial charge in [-0.15, -0.1) is 0 Å². The molecule has 0 amide bonds. The van der Waals surface area contributed by atoms with Crippen LogP contribution in [0.25, 0.3) is 0 Å². The van der Waals surface area contributed by atoms with Crippen molar-refractivity contribution in [3.05, 3.63) is 29.3 Å². The number of phenolic OH excluding ortho intramolecular Hbond substituents is 1. The molecule has 0 heterocycles. The first-order valence-electron chi connectivity index (χ1n) is 6.50. The minimum atomic E-state index is -0.388. The Kier molecular flexibility index (Phi) is 5.36. The van der Waals surface area contributed by atoms with Gasteiger partial charge in [-0.2, -0.15) is 0 Å². The summed E-state index contributed by atoms with van der Waals surface area (Å²) >= 11 is 0. The Labute approximate surface area is 114 Å². The average Bonchev–Trinajstić information content (AvgIpc) is 2.34. The molecule has 0 bridgehead atoms. The fourth-order valence-corrected chi connectivity index (χ4v) is 2.04. The van der Waals surface area contributed by atoms with Crippen LogP contribution in [-0.2, 0) is 9.53 Å². The quantitative estimate of drug-likeness (QED) is 0.803. The van der Waals surface area contributed by atoms with Gasteiger partial charge >= 0.3 is 5.97 Å². The maximum atomic E-state index is 11.7. The Morgan fingerprint density at radius 2 is 1.95 bits per heavy atom. The highest BCUT2D eigenvalue weighted by atomic mass is 16.5. The lowest BCUT2D eigenvalue weighted by atomic mass is 10.00. The van der Waals surface area contributed by atoms with Crippen molar-refractivity contribution in [1.82, 2.24) is 5.32 Å². The number of esters is 1. The lowest BCUT2D eigenvalue weighted by Crippen LogP contribution is -2.42. The maximum Gasteiger partial charge on any atom is 0.323 e. The Morgan fingerprint density at radius 1 is 1.32 bits per heavy atom. The molecule has 4 nitrogen and oxygen atoms in total. The number of phenols is 1. The number of hydrogen-bond acceptors (Lipinski definition) is 4. The van der Waals surface area contributed by atoms with E-state index in [0.717, 1.165) is 11.1 Å². The van der Waals surface area contributed by atoms with Crippen molar-refractivity contribution in [3.63, 3.8) is 0 Å². The SMILES string of the molecule is COC(=O)C(NC(C)c1ccc(C)cc1O)C(C)C. The van der Waals surface area contributed by atoms with Crippen LogP contribution in [0.5, 0.6) is 5.75 Å². The van der Waals surface area contributed by atoms with Gasteiger partial charge in [0.2, 0.25) is 0 Å². The van der Waals surface area contributed by atoms with Gasteiger partial charge in [0.15, 0.2) is 0 Å². The number of carbonyl (C=O) groups excluding carboxylic acids is 1. The summed E-state index contributed by atoms with van der Waals surface area (Å²) in [7, 11) is 1.38. The number of nitrogens with one attached hydrogen (secondary N) is 1. The van der Waals surface area contributed by atoms with Crippen molar-refractivity contribution in [2.75, 3.05) is 7.11 Å². The highest BCUT2D eigenvalue weighted by Gasteiger charge is 2.25. The molecular weight excluding hydrogens is 242 g/mol. The van der Waals surface area contributed by atoms with E-state index in [-0.39, 0.29) is 29.7 Å². The van der Waals surface area contributed by atoms with Crippen LogP contribution in [0.2, 0.25) is 0 Å². The third kappa shape index (κ3) is 3.96. The number of carbonyl (C=O) groups is 1. The molecule has 1 aromatic rings. The molecule has 106 valence electrons. The molecule has 0 saturated carbocycles. The van der Waals surface area contributed by atoms with Gasteiger partial charge in [0.25, 0.3) is 0 Å². The predicted molar refractivity (Wildman–Crippen MR) is 75.0 cm³/mol. The van der Waals surface area contributed by atoms with E-state index >= 15 is 0 Å². The minimum Gasteiger partial charge on any atom is -0.508 e. The first kappa shape index (κ1) is 15.5. The second kappa shape index (κ2) is 6.57. The minimum absolute atomic E-state index is 0.113. The molecule has 0 radical (unpaired) electrons. The fourth-order valence-electron chi connectivity index (χ4n) is 2.04. The molecule has 0 aliphatic heterocycles. The van der Waals surface area contributed by atoms with E-state index in [1.807, 2.05) is 39.8 Å². The first-order valence-corrected chi connectivity index (χ1v) is 6.50. The Balaban J connectivity index is 2.87. The van der Waals surface area contributed by atoms with Crippen LogP contribution in [0.1, 0.15) is 37.9 Å². The predicted octanol–water partition coefficient (Wildman–Crippen LogP) is 2.55. The summed E-state index contributed by atoms with van der Waals surface area (Å²) in [5, 5.41) is 13.2. The van der Waals surface area contributed by atoms with Crippen molar-refractivity contribution in [1.29, 1.82) is 0 Å². The lowest BCUT2D eigenvalue weighted by molar-refractivity contribution is -0.144. The molecule has 2 atom stereocenters. The van der Waals surface area contributed by atoms with Gasteiger partial charge in [-0.05, 0) is 31.4 Å². The van der Waals surface area contributed by atoms with E-state index in [4.69, 9.17) is 4.74 Å². The van der Waals surface area contributed by atoms with Crippen molar-refractivity contribution in [2.24, 2.45) is 5.92 Å². The van der Waals surface area contributed by atoms with Gasteiger partial charge < -0.3 is 9.84 Å².